The summed E-state index contributed by atoms with van der Waals surface area (Å²) in [7, 11) is 0. The molecule has 1 atom stereocenters. The predicted molar refractivity (Wildman–Crippen MR) is 110 cm³/mol. The van der Waals surface area contributed by atoms with Gasteiger partial charge < -0.3 is 19.8 Å². The molecule has 0 fully saturated rings. The number of hydrogen-bond donors (Lipinski definition) is 2. The van der Waals surface area contributed by atoms with Crippen LogP contribution in [0.2, 0.25) is 0 Å². The second-order valence-corrected chi connectivity index (χ2v) is 6.71. The topological polar surface area (TPSA) is 80.6 Å². The van der Waals surface area contributed by atoms with Crippen molar-refractivity contribution in [3.63, 3.8) is 0 Å². The van der Waals surface area contributed by atoms with E-state index >= 15 is 0 Å². The number of benzene rings is 2. The molecule has 6 nitrogen and oxygen atoms in total. The number of ether oxygens (including phenoxy) is 1. The minimum atomic E-state index is -0.311. The molecule has 0 bridgehead atoms. The number of carbonyl (C=O) groups is 2. The molecule has 6 heteroatoms. The zero-order chi connectivity index (χ0) is 20.5. The Kier molecular flexibility index (Phi) is 7.05. The molecule has 0 aliphatic rings. The van der Waals surface area contributed by atoms with Gasteiger partial charge in [-0.2, -0.15) is 0 Å². The van der Waals surface area contributed by atoms with E-state index in [4.69, 9.17) is 9.15 Å². The standard InChI is InChI=1S/C23H24N2O4/c1-17(9-12-19-8-5-15-28-19)25-22(26)16-24-23(27)18-10-13-21(14-11-18)29-20-6-3-2-4-7-20/h2-8,10-11,13-15,17H,9,12,16H2,1H3,(H,24,27)(H,25,26)/t17-/m0/s1. The van der Waals surface area contributed by atoms with Crippen LogP contribution >= 0.6 is 0 Å². The Labute approximate surface area is 169 Å². The molecule has 3 aromatic rings. The van der Waals surface area contributed by atoms with E-state index in [1.807, 2.05) is 49.4 Å². The first kappa shape index (κ1) is 20.2. The average Bonchev–Trinajstić information content (AvgIpc) is 3.25. The largest absolute Gasteiger partial charge is 0.469 e. The van der Waals surface area contributed by atoms with Crippen LogP contribution in [-0.2, 0) is 11.2 Å². The first-order chi connectivity index (χ1) is 14.1. The maximum atomic E-state index is 12.2. The quantitative estimate of drug-likeness (QED) is 0.578. The lowest BCUT2D eigenvalue weighted by Crippen LogP contribution is -2.41. The maximum absolute atomic E-state index is 12.2. The number of rotatable bonds is 9. The van der Waals surface area contributed by atoms with Crippen LogP contribution < -0.4 is 15.4 Å². The van der Waals surface area contributed by atoms with Crippen molar-refractivity contribution in [2.75, 3.05) is 6.54 Å². The third-order valence-corrected chi connectivity index (χ3v) is 4.32. The molecule has 2 amide bonds. The normalized spacial score (nSPS) is 11.5. The smallest absolute Gasteiger partial charge is 0.251 e. The molecular weight excluding hydrogens is 368 g/mol. The van der Waals surface area contributed by atoms with Gasteiger partial charge in [0.2, 0.25) is 5.91 Å². The van der Waals surface area contributed by atoms with Gasteiger partial charge in [0.15, 0.2) is 0 Å². The van der Waals surface area contributed by atoms with E-state index in [2.05, 4.69) is 10.6 Å². The molecule has 29 heavy (non-hydrogen) atoms. The lowest BCUT2D eigenvalue weighted by atomic mass is 10.1. The zero-order valence-corrected chi connectivity index (χ0v) is 16.3. The van der Waals surface area contributed by atoms with Crippen molar-refractivity contribution in [2.45, 2.75) is 25.8 Å². The summed E-state index contributed by atoms with van der Waals surface area (Å²) in [5.74, 6) is 1.71. The van der Waals surface area contributed by atoms with Gasteiger partial charge in [0.1, 0.15) is 17.3 Å². The van der Waals surface area contributed by atoms with Gasteiger partial charge >= 0.3 is 0 Å². The van der Waals surface area contributed by atoms with E-state index in [9.17, 15) is 9.59 Å². The summed E-state index contributed by atoms with van der Waals surface area (Å²) in [6.45, 7) is 1.85. The molecule has 0 aliphatic carbocycles. The highest BCUT2D eigenvalue weighted by Gasteiger charge is 2.11. The summed E-state index contributed by atoms with van der Waals surface area (Å²) in [5, 5.41) is 5.50. The fraction of sp³-hybridized carbons (Fsp3) is 0.217. The lowest BCUT2D eigenvalue weighted by molar-refractivity contribution is -0.120. The molecular formula is C23H24N2O4. The summed E-state index contributed by atoms with van der Waals surface area (Å²) in [6, 6.07) is 19.9. The predicted octanol–water partition coefficient (Wildman–Crippen LogP) is 3.94. The number of hydrogen-bond acceptors (Lipinski definition) is 4. The summed E-state index contributed by atoms with van der Waals surface area (Å²) < 4.78 is 11.0. The van der Waals surface area contributed by atoms with Crippen LogP contribution in [-0.4, -0.2) is 24.4 Å². The molecule has 0 saturated carbocycles. The summed E-state index contributed by atoms with van der Waals surface area (Å²) in [4.78, 5) is 24.3. The highest BCUT2D eigenvalue weighted by Crippen LogP contribution is 2.21. The minimum absolute atomic E-state index is 0.0149. The van der Waals surface area contributed by atoms with Gasteiger partial charge in [-0.05, 0) is 61.9 Å². The molecule has 0 saturated heterocycles. The van der Waals surface area contributed by atoms with Crippen LogP contribution in [0.1, 0.15) is 29.5 Å². The van der Waals surface area contributed by atoms with Crippen molar-refractivity contribution in [3.8, 4) is 11.5 Å². The molecule has 0 radical (unpaired) electrons. The van der Waals surface area contributed by atoms with Gasteiger partial charge in [-0.25, -0.2) is 0 Å². The van der Waals surface area contributed by atoms with E-state index in [0.717, 1.165) is 24.4 Å². The third kappa shape index (κ3) is 6.53. The Balaban J connectivity index is 1.40. The van der Waals surface area contributed by atoms with E-state index in [0.29, 0.717) is 11.3 Å². The monoisotopic (exact) mass is 392 g/mol. The van der Waals surface area contributed by atoms with Gasteiger partial charge in [-0.1, -0.05) is 18.2 Å². The van der Waals surface area contributed by atoms with Crippen LogP contribution in [0, 0.1) is 0 Å². The van der Waals surface area contributed by atoms with Crippen molar-refractivity contribution in [1.82, 2.24) is 10.6 Å². The van der Waals surface area contributed by atoms with Crippen molar-refractivity contribution in [2.24, 2.45) is 0 Å². The van der Waals surface area contributed by atoms with Crippen LogP contribution in [0.3, 0.4) is 0 Å². The first-order valence-electron chi connectivity index (χ1n) is 9.53. The third-order valence-electron chi connectivity index (χ3n) is 4.32. The molecule has 3 rings (SSSR count). The molecule has 1 heterocycles. The number of furan rings is 1. The second kappa shape index (κ2) is 10.1. The van der Waals surface area contributed by atoms with Gasteiger partial charge in [0, 0.05) is 18.0 Å². The van der Waals surface area contributed by atoms with Crippen molar-refractivity contribution < 1.29 is 18.7 Å². The Bertz CT molecular complexity index is 906. The van der Waals surface area contributed by atoms with Gasteiger partial charge in [-0.15, -0.1) is 0 Å². The van der Waals surface area contributed by atoms with Gasteiger partial charge in [0.25, 0.3) is 5.91 Å². The van der Waals surface area contributed by atoms with Gasteiger partial charge in [0.05, 0.1) is 12.8 Å². The Hall–Kier alpha value is -3.54. The highest BCUT2D eigenvalue weighted by atomic mass is 16.5. The van der Waals surface area contributed by atoms with E-state index in [1.165, 1.54) is 0 Å². The molecule has 0 aliphatic heterocycles. The van der Waals surface area contributed by atoms with Crippen LogP contribution in [0.4, 0.5) is 0 Å². The fourth-order valence-corrected chi connectivity index (χ4v) is 2.77. The summed E-state index contributed by atoms with van der Waals surface area (Å²) in [5.41, 5.74) is 0.462. The number of para-hydroxylation sites is 1. The fourth-order valence-electron chi connectivity index (χ4n) is 2.77. The van der Waals surface area contributed by atoms with E-state index in [1.54, 1.807) is 30.5 Å². The average molecular weight is 392 g/mol. The number of carbonyl (C=O) groups excluding carboxylic acids is 2. The van der Waals surface area contributed by atoms with E-state index < -0.39 is 0 Å². The molecule has 0 spiro atoms. The van der Waals surface area contributed by atoms with Crippen LogP contribution in [0.5, 0.6) is 11.5 Å². The van der Waals surface area contributed by atoms with Crippen molar-refractivity contribution in [1.29, 1.82) is 0 Å². The lowest BCUT2D eigenvalue weighted by Gasteiger charge is -2.13. The summed E-state index contributed by atoms with van der Waals surface area (Å²) in [6.07, 6.45) is 3.14. The number of amides is 2. The molecule has 150 valence electrons. The van der Waals surface area contributed by atoms with E-state index in [-0.39, 0.29) is 24.4 Å². The highest BCUT2D eigenvalue weighted by molar-refractivity contribution is 5.96. The number of aryl methyl sites for hydroxylation is 1. The van der Waals surface area contributed by atoms with Gasteiger partial charge in [-0.3, -0.25) is 9.59 Å². The van der Waals surface area contributed by atoms with Crippen molar-refractivity contribution in [3.05, 3.63) is 84.3 Å². The molecule has 0 unspecified atom stereocenters. The zero-order valence-electron chi connectivity index (χ0n) is 16.3. The molecule has 1 aromatic heterocycles. The van der Waals surface area contributed by atoms with Crippen LogP contribution in [0.15, 0.2) is 77.4 Å². The Morgan fingerprint density at radius 2 is 1.69 bits per heavy atom. The second-order valence-electron chi connectivity index (χ2n) is 6.71. The minimum Gasteiger partial charge on any atom is -0.469 e. The molecule has 2 aromatic carbocycles. The first-order valence-corrected chi connectivity index (χ1v) is 9.53. The number of nitrogens with one attached hydrogen (secondary N) is 2. The summed E-state index contributed by atoms with van der Waals surface area (Å²) >= 11 is 0. The van der Waals surface area contributed by atoms with Crippen molar-refractivity contribution >= 4 is 11.8 Å². The SMILES string of the molecule is C[C@@H](CCc1ccco1)NC(=O)CNC(=O)c1ccc(Oc2ccccc2)cc1. The van der Waals surface area contributed by atoms with Crippen LogP contribution in [0.25, 0.3) is 0 Å². The Morgan fingerprint density at radius 1 is 0.966 bits per heavy atom. The maximum Gasteiger partial charge on any atom is 0.251 e. The Morgan fingerprint density at radius 3 is 2.38 bits per heavy atom. The molecule has 2 N–H and O–H groups in total.